The monoisotopic (exact) mass is 228 g/mol. The lowest BCUT2D eigenvalue weighted by molar-refractivity contribution is 0.0938. The second-order valence-electron chi connectivity index (χ2n) is 3.27. The Labute approximate surface area is 93.0 Å². The maximum Gasteiger partial charge on any atom is 0.255 e. The van der Waals surface area contributed by atoms with Gasteiger partial charge >= 0.3 is 0 Å². The topological polar surface area (TPSA) is 75.3 Å². The Morgan fingerprint density at radius 2 is 2.33 bits per heavy atom. The largest absolute Gasteiger partial charge is 0.507 e. The van der Waals surface area contributed by atoms with Crippen LogP contribution in [0.25, 0.3) is 0 Å². The average molecular weight is 229 g/mol. The van der Waals surface area contributed by atoms with Crippen LogP contribution in [0.3, 0.4) is 0 Å². The maximum absolute atomic E-state index is 11.6. The number of aromatic hydroxyl groups is 1. The van der Waals surface area contributed by atoms with E-state index in [4.69, 9.17) is 17.3 Å². The maximum atomic E-state index is 11.6. The third-order valence-electron chi connectivity index (χ3n) is 1.94. The molecular weight excluding hydrogens is 216 g/mol. The molecule has 1 rings (SSSR count). The van der Waals surface area contributed by atoms with Crippen LogP contribution in [-0.4, -0.2) is 23.6 Å². The predicted molar refractivity (Wildman–Crippen MR) is 59.1 cm³/mol. The summed E-state index contributed by atoms with van der Waals surface area (Å²) in [6, 6.07) is 4.20. The van der Waals surface area contributed by atoms with Gasteiger partial charge in [0.2, 0.25) is 0 Å². The van der Waals surface area contributed by atoms with Gasteiger partial charge in [-0.2, -0.15) is 0 Å². The second kappa shape index (κ2) is 5.00. The van der Waals surface area contributed by atoms with Crippen molar-refractivity contribution in [3.63, 3.8) is 0 Å². The number of nitrogens with one attached hydrogen (secondary N) is 1. The van der Waals surface area contributed by atoms with E-state index in [2.05, 4.69) is 5.32 Å². The Bertz CT molecular complexity index is 368. The lowest BCUT2D eigenvalue weighted by Gasteiger charge is -2.11. The van der Waals surface area contributed by atoms with Gasteiger partial charge in [-0.3, -0.25) is 4.79 Å². The summed E-state index contributed by atoms with van der Waals surface area (Å²) in [4.78, 5) is 11.6. The first-order valence-electron chi connectivity index (χ1n) is 4.54. The minimum absolute atomic E-state index is 0.132. The number of carbonyl (C=O) groups is 1. The molecule has 4 N–H and O–H groups in total. The Morgan fingerprint density at radius 1 is 1.67 bits per heavy atom. The van der Waals surface area contributed by atoms with E-state index >= 15 is 0 Å². The number of halogens is 1. The van der Waals surface area contributed by atoms with Crippen molar-refractivity contribution in [3.8, 4) is 5.75 Å². The molecule has 15 heavy (non-hydrogen) atoms. The minimum Gasteiger partial charge on any atom is -0.507 e. The van der Waals surface area contributed by atoms with Gasteiger partial charge in [0.25, 0.3) is 5.91 Å². The third-order valence-corrected chi connectivity index (χ3v) is 2.17. The van der Waals surface area contributed by atoms with Crippen LogP contribution in [0.2, 0.25) is 5.02 Å². The van der Waals surface area contributed by atoms with Gasteiger partial charge in [-0.15, -0.1) is 0 Å². The number of benzene rings is 1. The predicted octanol–water partition coefficient (Wildman–Crippen LogP) is 1.12. The Hall–Kier alpha value is -1.26. The fourth-order valence-electron chi connectivity index (χ4n) is 1.06. The fraction of sp³-hybridized carbons (Fsp3) is 0.300. The van der Waals surface area contributed by atoms with Crippen LogP contribution in [-0.2, 0) is 0 Å². The zero-order valence-electron chi connectivity index (χ0n) is 8.33. The van der Waals surface area contributed by atoms with E-state index < -0.39 is 0 Å². The summed E-state index contributed by atoms with van der Waals surface area (Å²) in [6.07, 6.45) is 0. The lowest BCUT2D eigenvalue weighted by Crippen LogP contribution is -2.37. The minimum atomic E-state index is -0.359. The van der Waals surface area contributed by atoms with Crippen molar-refractivity contribution in [2.45, 2.75) is 13.0 Å². The summed E-state index contributed by atoms with van der Waals surface area (Å²) >= 11 is 5.64. The second-order valence-corrected chi connectivity index (χ2v) is 3.71. The number of phenols is 1. The zero-order chi connectivity index (χ0) is 11.4. The quantitative estimate of drug-likeness (QED) is 0.726. The van der Waals surface area contributed by atoms with Crippen LogP contribution in [0.5, 0.6) is 5.75 Å². The highest BCUT2D eigenvalue weighted by molar-refractivity contribution is 6.30. The molecule has 0 aliphatic carbocycles. The van der Waals surface area contributed by atoms with Crippen LogP contribution < -0.4 is 11.1 Å². The van der Waals surface area contributed by atoms with E-state index in [1.807, 2.05) is 0 Å². The number of nitrogens with two attached hydrogens (primary N) is 1. The molecule has 0 aliphatic rings. The van der Waals surface area contributed by atoms with Crippen molar-refractivity contribution in [2.75, 3.05) is 6.54 Å². The molecule has 0 bridgehead atoms. The number of hydrogen-bond donors (Lipinski definition) is 3. The molecule has 0 saturated heterocycles. The molecule has 82 valence electrons. The molecular formula is C10H13ClN2O2. The summed E-state index contributed by atoms with van der Waals surface area (Å²) in [7, 11) is 0. The highest BCUT2D eigenvalue weighted by Gasteiger charge is 2.12. The van der Waals surface area contributed by atoms with Gasteiger partial charge in [0.1, 0.15) is 5.75 Å². The summed E-state index contributed by atoms with van der Waals surface area (Å²) in [5, 5.41) is 12.5. The van der Waals surface area contributed by atoms with E-state index in [1.54, 1.807) is 13.0 Å². The van der Waals surface area contributed by atoms with E-state index in [1.165, 1.54) is 12.1 Å². The van der Waals surface area contributed by atoms with Gasteiger partial charge < -0.3 is 16.2 Å². The standard InChI is InChI=1S/C10H13ClN2O2/c1-6(5-12)13-10(15)8-3-2-7(11)4-9(8)14/h2-4,6,14H,5,12H2,1H3,(H,13,15). The van der Waals surface area contributed by atoms with Crippen molar-refractivity contribution in [1.82, 2.24) is 5.32 Å². The van der Waals surface area contributed by atoms with Crippen molar-refractivity contribution < 1.29 is 9.90 Å². The Balaban J connectivity index is 2.82. The molecule has 0 aromatic heterocycles. The molecule has 0 saturated carbocycles. The van der Waals surface area contributed by atoms with E-state index in [0.29, 0.717) is 11.6 Å². The number of hydrogen-bond acceptors (Lipinski definition) is 3. The normalized spacial score (nSPS) is 12.2. The average Bonchev–Trinajstić information content (AvgIpc) is 2.17. The first-order chi connectivity index (χ1) is 7.04. The van der Waals surface area contributed by atoms with E-state index in [-0.39, 0.29) is 23.3 Å². The molecule has 0 aliphatic heterocycles. The molecule has 0 fully saturated rings. The molecule has 0 spiro atoms. The smallest absolute Gasteiger partial charge is 0.255 e. The molecule has 1 unspecified atom stereocenters. The van der Waals surface area contributed by atoms with Crippen LogP contribution in [0.15, 0.2) is 18.2 Å². The fourth-order valence-corrected chi connectivity index (χ4v) is 1.22. The SMILES string of the molecule is CC(CN)NC(=O)c1ccc(Cl)cc1O. The van der Waals surface area contributed by atoms with Gasteiger partial charge in [0, 0.05) is 17.6 Å². The van der Waals surface area contributed by atoms with Crippen LogP contribution in [0, 0.1) is 0 Å². The summed E-state index contributed by atoms with van der Waals surface area (Å²) < 4.78 is 0. The summed E-state index contributed by atoms with van der Waals surface area (Å²) in [6.45, 7) is 2.13. The van der Waals surface area contributed by atoms with Crippen molar-refractivity contribution >= 4 is 17.5 Å². The third kappa shape index (κ3) is 3.11. The van der Waals surface area contributed by atoms with E-state index in [9.17, 15) is 9.90 Å². The highest BCUT2D eigenvalue weighted by atomic mass is 35.5. The summed E-state index contributed by atoms with van der Waals surface area (Å²) in [5.41, 5.74) is 5.56. The van der Waals surface area contributed by atoms with Crippen LogP contribution in [0.1, 0.15) is 17.3 Å². The Kier molecular flexibility index (Phi) is 3.94. The van der Waals surface area contributed by atoms with Gasteiger partial charge in [-0.05, 0) is 25.1 Å². The van der Waals surface area contributed by atoms with Crippen molar-refractivity contribution in [3.05, 3.63) is 28.8 Å². The lowest BCUT2D eigenvalue weighted by atomic mass is 10.2. The first-order valence-corrected chi connectivity index (χ1v) is 4.92. The van der Waals surface area contributed by atoms with Crippen molar-refractivity contribution in [1.29, 1.82) is 0 Å². The molecule has 0 heterocycles. The van der Waals surface area contributed by atoms with Gasteiger partial charge in [0.05, 0.1) is 5.56 Å². The molecule has 1 aromatic carbocycles. The van der Waals surface area contributed by atoms with E-state index in [0.717, 1.165) is 0 Å². The highest BCUT2D eigenvalue weighted by Crippen LogP contribution is 2.21. The number of phenolic OH excluding ortho intramolecular Hbond substituents is 1. The van der Waals surface area contributed by atoms with Gasteiger partial charge in [0.15, 0.2) is 0 Å². The molecule has 5 heteroatoms. The number of rotatable bonds is 3. The molecule has 1 amide bonds. The first kappa shape index (κ1) is 11.8. The summed E-state index contributed by atoms with van der Waals surface area (Å²) in [5.74, 6) is -0.494. The molecule has 1 aromatic rings. The van der Waals surface area contributed by atoms with Gasteiger partial charge in [-0.1, -0.05) is 11.6 Å². The molecule has 1 atom stereocenters. The zero-order valence-corrected chi connectivity index (χ0v) is 9.08. The van der Waals surface area contributed by atoms with Crippen LogP contribution >= 0.6 is 11.6 Å². The molecule has 4 nitrogen and oxygen atoms in total. The number of carbonyl (C=O) groups excluding carboxylic acids is 1. The number of amides is 1. The van der Waals surface area contributed by atoms with Crippen molar-refractivity contribution in [2.24, 2.45) is 5.73 Å². The van der Waals surface area contributed by atoms with Gasteiger partial charge in [-0.25, -0.2) is 0 Å². The molecule has 0 radical (unpaired) electrons. The Morgan fingerprint density at radius 3 is 2.87 bits per heavy atom. The van der Waals surface area contributed by atoms with Crippen LogP contribution in [0.4, 0.5) is 0 Å².